The van der Waals surface area contributed by atoms with Crippen LogP contribution in [0.3, 0.4) is 0 Å². The lowest BCUT2D eigenvalue weighted by molar-refractivity contribution is -0.120. The topological polar surface area (TPSA) is 84.3 Å². The second kappa shape index (κ2) is 10.3. The largest absolute Gasteiger partial charge is 0.309 e. The summed E-state index contributed by atoms with van der Waals surface area (Å²) >= 11 is 17.9. The first-order chi connectivity index (χ1) is 16.1. The lowest BCUT2D eigenvalue weighted by Gasteiger charge is -2.30. The van der Waals surface area contributed by atoms with Crippen molar-refractivity contribution >= 4 is 56.6 Å². The summed E-state index contributed by atoms with van der Waals surface area (Å²) in [5.41, 5.74) is 1.82. The maximum Gasteiger partial charge on any atom is 0.243 e. The molecular formula is C23H23Cl3N4O3S. The molecule has 0 spiro atoms. The number of sulfonamides is 1. The van der Waals surface area contributed by atoms with Crippen LogP contribution in [0.2, 0.25) is 15.1 Å². The Bertz CT molecular complexity index is 1300. The number of aromatic nitrogens is 2. The van der Waals surface area contributed by atoms with E-state index in [1.807, 2.05) is 13.0 Å². The summed E-state index contributed by atoms with van der Waals surface area (Å²) in [5, 5.41) is 8.79. The lowest BCUT2D eigenvalue weighted by atomic mass is 9.97. The van der Waals surface area contributed by atoms with E-state index in [9.17, 15) is 13.2 Å². The van der Waals surface area contributed by atoms with Crippen molar-refractivity contribution in [1.29, 1.82) is 0 Å². The molecule has 1 aliphatic heterocycles. The van der Waals surface area contributed by atoms with E-state index >= 15 is 0 Å². The van der Waals surface area contributed by atoms with Gasteiger partial charge in [-0.1, -0.05) is 40.9 Å². The highest BCUT2D eigenvalue weighted by Gasteiger charge is 2.32. The van der Waals surface area contributed by atoms with Crippen LogP contribution in [0.15, 0.2) is 53.4 Å². The Hall–Kier alpha value is -2.10. The number of aryl methyl sites for hydroxylation is 1. The van der Waals surface area contributed by atoms with Gasteiger partial charge in [0.15, 0.2) is 5.82 Å². The first-order valence-electron chi connectivity index (χ1n) is 10.7. The Balaban J connectivity index is 1.35. The van der Waals surface area contributed by atoms with Crippen LogP contribution >= 0.6 is 34.8 Å². The predicted octanol–water partition coefficient (Wildman–Crippen LogP) is 5.24. The van der Waals surface area contributed by atoms with E-state index in [1.54, 1.807) is 35.0 Å². The molecule has 1 saturated heterocycles. The van der Waals surface area contributed by atoms with E-state index in [2.05, 4.69) is 10.4 Å². The number of carbonyl (C=O) groups is 1. The summed E-state index contributed by atoms with van der Waals surface area (Å²) < 4.78 is 28.9. The lowest BCUT2D eigenvalue weighted by Crippen LogP contribution is -2.41. The number of nitrogens with one attached hydrogen (secondary N) is 1. The average molecular weight is 542 g/mol. The molecule has 4 rings (SSSR count). The van der Waals surface area contributed by atoms with Gasteiger partial charge in [0, 0.05) is 35.8 Å². The van der Waals surface area contributed by atoms with Crippen molar-refractivity contribution in [1.82, 2.24) is 14.1 Å². The second-order valence-electron chi connectivity index (χ2n) is 8.20. The molecule has 34 heavy (non-hydrogen) atoms. The van der Waals surface area contributed by atoms with Crippen molar-refractivity contribution in [2.75, 3.05) is 18.4 Å². The van der Waals surface area contributed by atoms with Gasteiger partial charge in [-0.15, -0.1) is 0 Å². The molecule has 11 heteroatoms. The normalized spacial score (nSPS) is 15.4. The van der Waals surface area contributed by atoms with Crippen molar-refractivity contribution in [3.63, 3.8) is 0 Å². The zero-order valence-corrected chi connectivity index (χ0v) is 21.4. The number of halogens is 3. The van der Waals surface area contributed by atoms with Gasteiger partial charge in [-0.25, -0.2) is 8.42 Å². The molecule has 1 aromatic heterocycles. The summed E-state index contributed by atoms with van der Waals surface area (Å²) in [5.74, 6) is -0.00120. The van der Waals surface area contributed by atoms with E-state index < -0.39 is 10.0 Å². The molecule has 0 unspecified atom stereocenters. The molecule has 180 valence electrons. The zero-order chi connectivity index (χ0) is 24.5. The van der Waals surface area contributed by atoms with Gasteiger partial charge in [-0.3, -0.25) is 9.48 Å². The van der Waals surface area contributed by atoms with Gasteiger partial charge < -0.3 is 5.32 Å². The molecule has 3 aromatic rings. The van der Waals surface area contributed by atoms with Gasteiger partial charge in [-0.2, -0.15) is 9.40 Å². The van der Waals surface area contributed by atoms with Gasteiger partial charge in [0.05, 0.1) is 21.5 Å². The van der Waals surface area contributed by atoms with Gasteiger partial charge in [-0.05, 0) is 61.7 Å². The Morgan fingerprint density at radius 2 is 1.71 bits per heavy atom. The minimum atomic E-state index is -3.62. The zero-order valence-electron chi connectivity index (χ0n) is 18.3. The fourth-order valence-corrected chi connectivity index (χ4v) is 5.80. The third kappa shape index (κ3) is 5.58. The quantitative estimate of drug-likeness (QED) is 0.463. The van der Waals surface area contributed by atoms with Crippen molar-refractivity contribution in [2.45, 2.75) is 31.2 Å². The number of hydrogen-bond acceptors (Lipinski definition) is 4. The summed E-state index contributed by atoms with van der Waals surface area (Å²) in [6.07, 6.45) is 0.864. The summed E-state index contributed by atoms with van der Waals surface area (Å²) in [7, 11) is -3.62. The van der Waals surface area contributed by atoms with Crippen molar-refractivity contribution in [2.24, 2.45) is 5.92 Å². The minimum absolute atomic E-state index is 0.164. The molecule has 2 aromatic carbocycles. The van der Waals surface area contributed by atoms with Crippen molar-refractivity contribution in [3.05, 3.63) is 74.9 Å². The number of nitrogens with zero attached hydrogens (tertiary/aromatic N) is 3. The van der Waals surface area contributed by atoms with Crippen LogP contribution in [0.5, 0.6) is 0 Å². The molecule has 1 N–H and O–H groups in total. The molecule has 2 heterocycles. The van der Waals surface area contributed by atoms with Gasteiger partial charge in [0.25, 0.3) is 0 Å². The molecule has 7 nitrogen and oxygen atoms in total. The summed E-state index contributed by atoms with van der Waals surface area (Å²) in [4.78, 5) is 13.0. The summed E-state index contributed by atoms with van der Waals surface area (Å²) in [6, 6.07) is 13.3. The van der Waals surface area contributed by atoms with E-state index in [4.69, 9.17) is 34.8 Å². The number of rotatable bonds is 6. The molecule has 0 bridgehead atoms. The minimum Gasteiger partial charge on any atom is -0.309 e. The smallest absolute Gasteiger partial charge is 0.243 e. The van der Waals surface area contributed by atoms with Crippen molar-refractivity contribution in [3.8, 4) is 0 Å². The average Bonchev–Trinajstić information content (AvgIpc) is 3.15. The highest BCUT2D eigenvalue weighted by atomic mass is 35.5. The third-order valence-corrected chi connectivity index (χ3v) is 8.73. The van der Waals surface area contributed by atoms with E-state index in [-0.39, 0.29) is 29.8 Å². The monoisotopic (exact) mass is 540 g/mol. The first-order valence-corrected chi connectivity index (χ1v) is 13.3. The molecule has 1 aliphatic rings. The molecule has 1 amide bonds. The van der Waals surface area contributed by atoms with Crippen LogP contribution in [0, 0.1) is 12.8 Å². The summed E-state index contributed by atoms with van der Waals surface area (Å²) in [6.45, 7) is 2.93. The van der Waals surface area contributed by atoms with Crippen LogP contribution in [0.25, 0.3) is 0 Å². The highest BCUT2D eigenvalue weighted by molar-refractivity contribution is 7.89. The maximum absolute atomic E-state index is 12.8. The Morgan fingerprint density at radius 1 is 1.03 bits per heavy atom. The molecule has 0 atom stereocenters. The second-order valence-corrected chi connectivity index (χ2v) is 11.4. The van der Waals surface area contributed by atoms with Gasteiger partial charge in [0.2, 0.25) is 15.9 Å². The predicted molar refractivity (Wildman–Crippen MR) is 134 cm³/mol. The third-order valence-electron chi connectivity index (χ3n) is 5.82. The van der Waals surface area contributed by atoms with Gasteiger partial charge in [0.1, 0.15) is 0 Å². The SMILES string of the molecule is Cc1cc(NC(=O)C2CCN(S(=O)(=O)c3ccc(Cl)cc3)CC2)nn1Cc1ccc(Cl)c(Cl)c1. The highest BCUT2D eigenvalue weighted by Crippen LogP contribution is 2.26. The van der Waals surface area contributed by atoms with Crippen LogP contribution in [-0.2, 0) is 21.4 Å². The van der Waals surface area contributed by atoms with Crippen molar-refractivity contribution < 1.29 is 13.2 Å². The van der Waals surface area contributed by atoms with Crippen LogP contribution in [0.1, 0.15) is 24.1 Å². The van der Waals surface area contributed by atoms with Crippen LogP contribution in [-0.4, -0.2) is 41.5 Å². The molecule has 0 saturated carbocycles. The number of hydrogen-bond donors (Lipinski definition) is 1. The molecule has 0 radical (unpaired) electrons. The Morgan fingerprint density at radius 3 is 2.35 bits per heavy atom. The first kappa shape index (κ1) is 25.0. The molecule has 0 aliphatic carbocycles. The van der Waals surface area contributed by atoms with Crippen LogP contribution in [0.4, 0.5) is 5.82 Å². The Labute approximate surface area is 213 Å². The number of benzene rings is 2. The number of amides is 1. The number of piperidine rings is 1. The number of carbonyl (C=O) groups excluding carboxylic acids is 1. The standard InChI is InChI=1S/C23H23Cl3N4O3S/c1-15-12-22(28-30(15)14-16-2-7-20(25)21(26)13-16)27-23(31)17-8-10-29(11-9-17)34(32,33)19-5-3-18(24)4-6-19/h2-7,12-13,17H,8-11,14H2,1H3,(H,27,28,31). The van der Waals surface area contributed by atoms with E-state index in [0.29, 0.717) is 40.3 Å². The Kier molecular flexibility index (Phi) is 7.54. The fraction of sp³-hybridized carbons (Fsp3) is 0.304. The molecule has 1 fully saturated rings. The number of anilines is 1. The fourth-order valence-electron chi connectivity index (χ4n) is 3.88. The van der Waals surface area contributed by atoms with E-state index in [1.165, 1.54) is 16.4 Å². The van der Waals surface area contributed by atoms with E-state index in [0.717, 1.165) is 11.3 Å². The van der Waals surface area contributed by atoms with Gasteiger partial charge >= 0.3 is 0 Å². The van der Waals surface area contributed by atoms with Crippen LogP contribution < -0.4 is 5.32 Å². The maximum atomic E-state index is 12.8. The molecular weight excluding hydrogens is 519 g/mol.